The van der Waals surface area contributed by atoms with E-state index in [1.165, 1.54) is 0 Å². The highest BCUT2D eigenvalue weighted by Gasteiger charge is 2.40. The normalized spacial score (nSPS) is 22.6. The first-order valence-electron chi connectivity index (χ1n) is 6.88. The Balaban J connectivity index is 2.10. The van der Waals surface area contributed by atoms with Crippen LogP contribution in [0.1, 0.15) is 25.3 Å². The largest absolute Gasteiger partial charge is 0.441 e. The molecule has 4 heteroatoms. The number of ether oxygens (including phenoxy) is 1. The number of benzene rings is 1. The molecule has 4 nitrogen and oxygen atoms in total. The molecule has 1 N–H and O–H groups in total. The van der Waals surface area contributed by atoms with Crippen LogP contribution in [-0.4, -0.2) is 41.4 Å². The standard InChI is InChI=1S/C15H21NO3/c1-2-3-9-16-13(14(11-17)19-15(16)18)10-12-7-5-4-6-8-12/h4-8,13-14,17H,2-3,9-11H2,1H3/t13-,14-/m1/s1. The molecule has 0 radical (unpaired) electrons. The van der Waals surface area contributed by atoms with Crippen molar-refractivity contribution in [1.29, 1.82) is 0 Å². The predicted octanol–water partition coefficient (Wildman–Crippen LogP) is 2.21. The number of amides is 1. The summed E-state index contributed by atoms with van der Waals surface area (Å²) in [6, 6.07) is 9.95. The van der Waals surface area contributed by atoms with Gasteiger partial charge in [-0.15, -0.1) is 0 Å². The number of nitrogens with zero attached hydrogens (tertiary/aromatic N) is 1. The lowest BCUT2D eigenvalue weighted by Crippen LogP contribution is -2.40. The quantitative estimate of drug-likeness (QED) is 0.856. The third kappa shape index (κ3) is 3.26. The molecule has 104 valence electrons. The topological polar surface area (TPSA) is 49.8 Å². The summed E-state index contributed by atoms with van der Waals surface area (Å²) in [5, 5.41) is 9.37. The van der Waals surface area contributed by atoms with E-state index in [1.807, 2.05) is 30.3 Å². The van der Waals surface area contributed by atoms with Gasteiger partial charge in [-0.25, -0.2) is 4.79 Å². The lowest BCUT2D eigenvalue weighted by Gasteiger charge is -2.23. The van der Waals surface area contributed by atoms with E-state index in [0.717, 1.165) is 24.8 Å². The van der Waals surface area contributed by atoms with Gasteiger partial charge in [0, 0.05) is 6.54 Å². The molecule has 1 aromatic carbocycles. The molecule has 19 heavy (non-hydrogen) atoms. The molecule has 0 spiro atoms. The molecule has 2 atom stereocenters. The van der Waals surface area contributed by atoms with Crippen LogP contribution >= 0.6 is 0 Å². The number of carbonyl (C=O) groups is 1. The van der Waals surface area contributed by atoms with Crippen LogP contribution in [0.2, 0.25) is 0 Å². The number of aliphatic hydroxyl groups excluding tert-OH is 1. The molecule has 1 aliphatic heterocycles. The van der Waals surface area contributed by atoms with Crippen molar-refractivity contribution in [1.82, 2.24) is 4.90 Å². The SMILES string of the molecule is CCCCN1C(=O)O[C@H](CO)[C@H]1Cc1ccccc1. The highest BCUT2D eigenvalue weighted by molar-refractivity contribution is 5.70. The summed E-state index contributed by atoms with van der Waals surface area (Å²) in [6.45, 7) is 2.67. The van der Waals surface area contributed by atoms with Crippen molar-refractivity contribution in [2.24, 2.45) is 0 Å². The molecule has 1 amide bonds. The van der Waals surface area contributed by atoms with E-state index in [2.05, 4.69) is 6.92 Å². The lowest BCUT2D eigenvalue weighted by atomic mass is 10.0. The zero-order valence-electron chi connectivity index (χ0n) is 11.3. The third-order valence-corrected chi connectivity index (χ3v) is 3.54. The van der Waals surface area contributed by atoms with Crippen LogP contribution in [0.25, 0.3) is 0 Å². The molecule has 1 heterocycles. The maximum Gasteiger partial charge on any atom is 0.410 e. The average molecular weight is 263 g/mol. The lowest BCUT2D eigenvalue weighted by molar-refractivity contribution is 0.0827. The van der Waals surface area contributed by atoms with Crippen molar-refractivity contribution < 1.29 is 14.6 Å². The Hall–Kier alpha value is -1.55. The fourth-order valence-electron chi connectivity index (χ4n) is 2.45. The van der Waals surface area contributed by atoms with E-state index in [0.29, 0.717) is 6.54 Å². The Labute approximate surface area is 114 Å². The van der Waals surface area contributed by atoms with Crippen LogP contribution in [0.3, 0.4) is 0 Å². The van der Waals surface area contributed by atoms with E-state index in [-0.39, 0.29) is 18.7 Å². The van der Waals surface area contributed by atoms with Gasteiger partial charge in [-0.1, -0.05) is 43.7 Å². The summed E-state index contributed by atoms with van der Waals surface area (Å²) >= 11 is 0. The zero-order valence-corrected chi connectivity index (χ0v) is 11.3. The van der Waals surface area contributed by atoms with Gasteiger partial charge in [-0.2, -0.15) is 0 Å². The first-order chi connectivity index (χ1) is 9.26. The van der Waals surface area contributed by atoms with E-state index in [4.69, 9.17) is 4.74 Å². The second-order valence-corrected chi connectivity index (χ2v) is 4.91. The zero-order chi connectivity index (χ0) is 13.7. The molecule has 2 rings (SSSR count). The van der Waals surface area contributed by atoms with Crippen LogP contribution in [-0.2, 0) is 11.2 Å². The first kappa shape index (κ1) is 13.9. The summed E-state index contributed by atoms with van der Waals surface area (Å²) in [5.41, 5.74) is 1.16. The van der Waals surface area contributed by atoms with Crippen molar-refractivity contribution in [3.63, 3.8) is 0 Å². The second kappa shape index (κ2) is 6.57. The Morgan fingerprint density at radius 2 is 2.05 bits per heavy atom. The Kier molecular flexibility index (Phi) is 4.80. The van der Waals surface area contributed by atoms with Gasteiger partial charge in [0.2, 0.25) is 0 Å². The number of hydrogen-bond acceptors (Lipinski definition) is 3. The van der Waals surface area contributed by atoms with Gasteiger partial charge < -0.3 is 14.7 Å². The maximum atomic E-state index is 11.8. The molecule has 0 unspecified atom stereocenters. The Morgan fingerprint density at radius 1 is 1.32 bits per heavy atom. The second-order valence-electron chi connectivity index (χ2n) is 4.91. The van der Waals surface area contributed by atoms with Crippen molar-refractivity contribution in [2.45, 2.75) is 38.3 Å². The maximum absolute atomic E-state index is 11.8. The smallest absolute Gasteiger partial charge is 0.410 e. The Morgan fingerprint density at radius 3 is 2.68 bits per heavy atom. The number of cyclic esters (lactones) is 1. The van der Waals surface area contributed by atoms with Crippen molar-refractivity contribution in [2.75, 3.05) is 13.2 Å². The molecular formula is C15H21NO3. The van der Waals surface area contributed by atoms with Crippen molar-refractivity contribution in [3.05, 3.63) is 35.9 Å². The Bertz CT molecular complexity index is 407. The molecule has 0 aliphatic carbocycles. The van der Waals surface area contributed by atoms with E-state index < -0.39 is 6.10 Å². The van der Waals surface area contributed by atoms with Crippen LogP contribution in [0.15, 0.2) is 30.3 Å². The van der Waals surface area contributed by atoms with Gasteiger partial charge in [0.25, 0.3) is 0 Å². The predicted molar refractivity (Wildman–Crippen MR) is 72.9 cm³/mol. The van der Waals surface area contributed by atoms with Crippen LogP contribution in [0, 0.1) is 0 Å². The van der Waals surface area contributed by atoms with Gasteiger partial charge in [-0.05, 0) is 18.4 Å². The molecule has 0 aromatic heterocycles. The minimum absolute atomic E-state index is 0.0635. The van der Waals surface area contributed by atoms with Gasteiger partial charge in [0.15, 0.2) is 0 Å². The van der Waals surface area contributed by atoms with E-state index in [9.17, 15) is 9.90 Å². The molecule has 1 fully saturated rings. The van der Waals surface area contributed by atoms with Gasteiger partial charge in [0.05, 0.1) is 12.6 Å². The highest BCUT2D eigenvalue weighted by atomic mass is 16.6. The fourth-order valence-corrected chi connectivity index (χ4v) is 2.45. The molecule has 1 aliphatic rings. The highest BCUT2D eigenvalue weighted by Crippen LogP contribution is 2.23. The van der Waals surface area contributed by atoms with Crippen LogP contribution in [0.4, 0.5) is 4.79 Å². The third-order valence-electron chi connectivity index (χ3n) is 3.54. The first-order valence-corrected chi connectivity index (χ1v) is 6.88. The molecule has 1 saturated heterocycles. The summed E-state index contributed by atoms with van der Waals surface area (Å²) in [5.74, 6) is 0. The molecule has 0 saturated carbocycles. The number of carbonyl (C=O) groups excluding carboxylic acids is 1. The summed E-state index contributed by atoms with van der Waals surface area (Å²) in [7, 11) is 0. The van der Waals surface area contributed by atoms with Crippen molar-refractivity contribution >= 4 is 6.09 Å². The monoisotopic (exact) mass is 263 g/mol. The minimum Gasteiger partial charge on any atom is -0.441 e. The number of unbranched alkanes of at least 4 members (excludes halogenated alkanes) is 1. The van der Waals surface area contributed by atoms with E-state index >= 15 is 0 Å². The number of rotatable bonds is 6. The summed E-state index contributed by atoms with van der Waals surface area (Å²) in [6.07, 6.45) is 2.00. The molecule has 1 aromatic rings. The summed E-state index contributed by atoms with van der Waals surface area (Å²) in [4.78, 5) is 13.6. The molecule has 0 bridgehead atoms. The van der Waals surface area contributed by atoms with Crippen LogP contribution < -0.4 is 0 Å². The van der Waals surface area contributed by atoms with Gasteiger partial charge >= 0.3 is 6.09 Å². The number of aliphatic hydroxyl groups is 1. The minimum atomic E-state index is -0.412. The average Bonchev–Trinajstić information content (AvgIpc) is 2.73. The van der Waals surface area contributed by atoms with Gasteiger partial charge in [0.1, 0.15) is 6.10 Å². The van der Waals surface area contributed by atoms with Crippen LogP contribution in [0.5, 0.6) is 0 Å². The van der Waals surface area contributed by atoms with Gasteiger partial charge in [-0.3, -0.25) is 0 Å². The fraction of sp³-hybridized carbons (Fsp3) is 0.533. The van der Waals surface area contributed by atoms with E-state index in [1.54, 1.807) is 4.90 Å². The molecular weight excluding hydrogens is 242 g/mol. The summed E-state index contributed by atoms with van der Waals surface area (Å²) < 4.78 is 5.24. The van der Waals surface area contributed by atoms with Crippen molar-refractivity contribution in [3.8, 4) is 0 Å². The number of hydrogen-bond donors (Lipinski definition) is 1.